The van der Waals surface area contributed by atoms with Crippen LogP contribution in [0.25, 0.3) is 0 Å². The van der Waals surface area contributed by atoms with Crippen LogP contribution in [-0.4, -0.2) is 211 Å². The molecule has 31 heteroatoms. The lowest BCUT2D eigenvalue weighted by molar-refractivity contribution is -0.885. The van der Waals surface area contributed by atoms with Crippen molar-refractivity contribution in [2.45, 2.75) is 159 Å². The fraction of sp³-hybridized carbons (Fsp3) is 0.750. The van der Waals surface area contributed by atoms with Crippen molar-refractivity contribution in [2.75, 3.05) is 96.3 Å². The molecule has 1 aromatic rings. The number of ketones is 4. The van der Waals surface area contributed by atoms with Gasteiger partial charge < -0.3 is 47.6 Å². The molecule has 0 aromatic heterocycles. The molecule has 0 bridgehead atoms. The summed E-state index contributed by atoms with van der Waals surface area (Å²) in [6, 6.07) is 8.88. The zero-order chi connectivity index (χ0) is 69.5. The smallest absolute Gasteiger partial charge is 0.338 e. The van der Waals surface area contributed by atoms with Gasteiger partial charge in [0.1, 0.15) is 42.8 Å². The van der Waals surface area contributed by atoms with Gasteiger partial charge in [0.15, 0.2) is 18.3 Å². The molecule has 0 aliphatic heterocycles. The zero-order valence-corrected chi connectivity index (χ0v) is 55.1. The number of ether oxygens (including phenoxy) is 2. The van der Waals surface area contributed by atoms with Gasteiger partial charge in [-0.15, -0.1) is 40.5 Å². The van der Waals surface area contributed by atoms with Crippen LogP contribution < -0.4 is 0 Å². The third kappa shape index (κ3) is 47.3. The van der Waals surface area contributed by atoms with Crippen LogP contribution in [0.2, 0.25) is 0 Å². The van der Waals surface area contributed by atoms with E-state index in [-0.39, 0.29) is 68.6 Å². The first kappa shape index (κ1) is 85.9. The molecule has 0 fully saturated rings. The fourth-order valence-electron chi connectivity index (χ4n) is 6.64. The van der Waals surface area contributed by atoms with E-state index in [9.17, 15) is 78.8 Å². The number of quaternary nitrogens is 3. The van der Waals surface area contributed by atoms with Gasteiger partial charge in [0.25, 0.3) is 20.3 Å². The van der Waals surface area contributed by atoms with Crippen molar-refractivity contribution in [3.8, 4) is 0 Å². The van der Waals surface area contributed by atoms with Crippen LogP contribution in [0.5, 0.6) is 0 Å². The van der Waals surface area contributed by atoms with Crippen LogP contribution in [0.1, 0.15) is 145 Å². The number of carbonyl (C=O) groups is 8. The molecular weight excluding hydrogens is 1150 g/mol. The van der Waals surface area contributed by atoms with Crippen LogP contribution in [0.4, 0.5) is 0 Å². The Morgan fingerprint density at radius 3 is 1.17 bits per heavy atom. The zero-order valence-electron chi connectivity index (χ0n) is 55.1. The lowest BCUT2D eigenvalue weighted by atomic mass is 9.82. The number of esters is 2. The summed E-state index contributed by atoms with van der Waals surface area (Å²) in [5.41, 5.74) is -4.59. The van der Waals surface area contributed by atoms with Crippen LogP contribution in [0.15, 0.2) is 30.3 Å². The number of carboxylic acid groups (broad SMARTS) is 2. The van der Waals surface area contributed by atoms with E-state index in [4.69, 9.17) is 19.7 Å². The van der Waals surface area contributed by atoms with Gasteiger partial charge in [-0.2, -0.15) is 0 Å². The summed E-state index contributed by atoms with van der Waals surface area (Å²) in [4.78, 5) is 150. The summed E-state index contributed by atoms with van der Waals surface area (Å²) in [5.74, 6) is -4.89. The molecule has 500 valence electrons. The quantitative estimate of drug-likeness (QED) is 0.0263. The Morgan fingerprint density at radius 1 is 0.506 bits per heavy atom. The standard InChI is InChI=1S/C18H28NO3.C15H29N2O6.C11H23N2O4.C10H15NO8.C2H5NO3/c1-18(2,3)16(20)12-15(13-19(4,5)6)22-17(21)14-10-8-7-9-11-14;1-15(2,3)13(18)10-12(11-17(4,5)6)23-14(19)8-7-9-22-16(20)21;1-11(2,3)10(14)7-9(17-12(15)16)8-13(4,5)6;1-9(2,3)6(12)4-10(8(15)16,5-7(13)14)19-11(17)18;1-2-6-3(4)5/h7-11,15H,12-13H2,1-6H3;12H,7-11H2,1-6H3;9H,7-8H2,1-6H3;4-5H2,1-3H3,(H,13,14)(H,15,16);2H2,1H3/q3*+1;;. The maximum atomic E-state index is 12.3. The average molecular weight is 1260 g/mol. The number of rotatable bonds is 31. The maximum Gasteiger partial charge on any atom is 0.338 e. The maximum absolute atomic E-state index is 12.3. The van der Waals surface area contributed by atoms with Crippen LogP contribution >= 0.6 is 0 Å². The molecule has 0 saturated heterocycles. The number of carboxylic acids is 2. The van der Waals surface area contributed by atoms with Gasteiger partial charge in [0, 0.05) is 53.8 Å². The molecule has 4 atom stereocenters. The number of carbonyl (C=O) groups excluding carboxylic acids is 6. The molecule has 0 aliphatic rings. The van der Waals surface area contributed by atoms with Crippen molar-refractivity contribution < 1.29 is 111 Å². The van der Waals surface area contributed by atoms with Gasteiger partial charge in [-0.25, -0.2) is 9.59 Å². The van der Waals surface area contributed by atoms with Gasteiger partial charge in [-0.1, -0.05) is 101 Å². The van der Waals surface area contributed by atoms with Crippen molar-refractivity contribution in [3.63, 3.8) is 0 Å². The third-order valence-electron chi connectivity index (χ3n) is 11.1. The largest absolute Gasteiger partial charge is 0.481 e. The van der Waals surface area contributed by atoms with Gasteiger partial charge in [0.05, 0.1) is 88.6 Å². The molecule has 0 spiro atoms. The molecule has 31 nitrogen and oxygen atoms in total. The Morgan fingerprint density at radius 2 is 0.874 bits per heavy atom. The summed E-state index contributed by atoms with van der Waals surface area (Å²) < 4.78 is 12.7. The van der Waals surface area contributed by atoms with Crippen molar-refractivity contribution >= 4 is 47.0 Å². The molecule has 0 aliphatic carbocycles. The summed E-state index contributed by atoms with van der Waals surface area (Å²) in [7, 11) is 17.6. The first-order valence-electron chi connectivity index (χ1n) is 27.5. The van der Waals surface area contributed by atoms with Crippen molar-refractivity contribution in [1.82, 2.24) is 0 Å². The number of hydrogen-bond acceptors (Lipinski definition) is 22. The Labute approximate surface area is 510 Å². The predicted octanol–water partition coefficient (Wildman–Crippen LogP) is 6.51. The van der Waals surface area contributed by atoms with Gasteiger partial charge in [-0.05, 0) is 25.5 Å². The molecule has 4 unspecified atom stereocenters. The molecule has 0 heterocycles. The van der Waals surface area contributed by atoms with Crippen molar-refractivity contribution in [2.24, 2.45) is 21.7 Å². The molecule has 0 saturated carbocycles. The predicted molar refractivity (Wildman–Crippen MR) is 314 cm³/mol. The number of benzene rings is 1. The lowest BCUT2D eigenvalue weighted by Crippen LogP contribution is -2.48. The normalized spacial score (nSPS) is 13.4. The van der Waals surface area contributed by atoms with E-state index in [1.807, 2.05) is 111 Å². The van der Waals surface area contributed by atoms with Crippen molar-refractivity contribution in [1.29, 1.82) is 0 Å². The van der Waals surface area contributed by atoms with E-state index in [2.05, 4.69) is 19.4 Å². The van der Waals surface area contributed by atoms with Gasteiger partial charge in [0.2, 0.25) is 5.60 Å². The Balaban J connectivity index is -0.000000513. The second-order valence-electron chi connectivity index (χ2n) is 27.3. The number of nitrogens with zero attached hydrogens (tertiary/aromatic N) is 7. The van der Waals surface area contributed by atoms with Crippen LogP contribution in [0.3, 0.4) is 0 Å². The van der Waals surface area contributed by atoms with E-state index in [0.717, 1.165) is 0 Å². The Hall–Kier alpha value is -7.54. The minimum Gasteiger partial charge on any atom is -0.481 e. The minimum atomic E-state index is -2.71. The molecular formula is C56H100N7O24+3. The summed E-state index contributed by atoms with van der Waals surface area (Å²) in [6.45, 7) is 24.0. The molecule has 0 radical (unpaired) electrons. The second-order valence-corrected chi connectivity index (χ2v) is 27.3. The summed E-state index contributed by atoms with van der Waals surface area (Å²) in [5, 5.41) is 53.6. The molecule has 1 aromatic carbocycles. The van der Waals surface area contributed by atoms with Gasteiger partial charge in [-0.3, -0.25) is 33.6 Å². The van der Waals surface area contributed by atoms with E-state index in [1.165, 1.54) is 20.8 Å². The minimum absolute atomic E-state index is 0.0190. The van der Waals surface area contributed by atoms with Crippen LogP contribution in [-0.2, 0) is 62.4 Å². The summed E-state index contributed by atoms with van der Waals surface area (Å²) in [6.07, 6.45) is -3.00. The number of aliphatic carboxylic acids is 2. The molecule has 2 N–H and O–H groups in total. The highest BCUT2D eigenvalue weighted by Crippen LogP contribution is 2.29. The SMILES string of the molecule is CC(C)(C)C(=O)CC(CC(=O)O)(O[N+](=O)[O-])C(=O)O.CC(C)(C)C(=O)CC(C[N+](C)(C)C)OC(=O)CCCO[N+](=O)[O-].CC(C)(C)C(=O)CC(C[N+](C)(C)C)OC(=O)c1ccccc1.CC(C)(C)C(=O)CC(C[N+](C)(C)C)O[N+](=O)[O-].CCO[N+](=O)[O-]. The van der Waals surface area contributed by atoms with Crippen LogP contribution in [0, 0.1) is 62.1 Å². The highest BCUT2D eigenvalue weighted by Gasteiger charge is 2.48. The topological polar surface area (TPSA) is 405 Å². The number of Topliss-reactive ketones (excluding diaryl/α,β-unsaturated/α-hetero) is 4. The highest BCUT2D eigenvalue weighted by molar-refractivity contribution is 5.93. The first-order valence-corrected chi connectivity index (χ1v) is 27.5. The third-order valence-corrected chi connectivity index (χ3v) is 11.1. The van der Waals surface area contributed by atoms with E-state index in [1.54, 1.807) is 52.0 Å². The van der Waals surface area contributed by atoms with E-state index < -0.39 is 102 Å². The first-order chi connectivity index (χ1) is 38.9. The Kier molecular flexibility index (Phi) is 37.4. The van der Waals surface area contributed by atoms with Crippen molar-refractivity contribution in [3.05, 3.63) is 76.4 Å². The molecule has 0 amide bonds. The van der Waals surface area contributed by atoms with E-state index in [0.29, 0.717) is 38.6 Å². The van der Waals surface area contributed by atoms with E-state index >= 15 is 0 Å². The van der Waals surface area contributed by atoms with Gasteiger partial charge >= 0.3 is 23.9 Å². The summed E-state index contributed by atoms with van der Waals surface area (Å²) >= 11 is 0. The lowest BCUT2D eigenvalue weighted by Gasteiger charge is -2.30. The second kappa shape index (κ2) is 37.9. The average Bonchev–Trinajstić information content (AvgIpc) is 3.37. The highest BCUT2D eigenvalue weighted by atomic mass is 17.0. The fourth-order valence-corrected chi connectivity index (χ4v) is 6.64. The number of hydrogen-bond donors (Lipinski definition) is 2. The number of likely N-dealkylation sites (N-methyl/N-ethyl adjacent to an activating group) is 3. The molecule has 1 rings (SSSR count). The molecule has 87 heavy (non-hydrogen) atoms. The Bertz CT molecular complexity index is 2390. The monoisotopic (exact) mass is 1250 g/mol.